The maximum atomic E-state index is 13.1. The Hall–Kier alpha value is -3.04. The Labute approximate surface area is 178 Å². The molecule has 0 aliphatic carbocycles. The largest absolute Gasteiger partial charge is 0.868 e. The summed E-state index contributed by atoms with van der Waals surface area (Å²) in [5.74, 6) is -2.07. The Morgan fingerprint density at radius 1 is 1.23 bits per heavy atom. The minimum atomic E-state index is -0.936. The summed E-state index contributed by atoms with van der Waals surface area (Å²) in [6.07, 6.45) is 0. The number of benzene rings is 1. The predicted molar refractivity (Wildman–Crippen MR) is 110 cm³/mol. The fourth-order valence-corrected chi connectivity index (χ4v) is 4.36. The molecule has 3 rings (SSSR count). The molecule has 0 saturated heterocycles. The van der Waals surface area contributed by atoms with E-state index in [4.69, 9.17) is 0 Å². The van der Waals surface area contributed by atoms with Crippen molar-refractivity contribution in [3.8, 4) is 0 Å². The Morgan fingerprint density at radius 2 is 1.97 bits per heavy atom. The normalized spacial score (nSPS) is 16.6. The van der Waals surface area contributed by atoms with Gasteiger partial charge in [-0.3, -0.25) is 19.7 Å². The first-order valence-corrected chi connectivity index (χ1v) is 10.6. The summed E-state index contributed by atoms with van der Waals surface area (Å²) in [5.41, 5.74) is 0.0897. The van der Waals surface area contributed by atoms with E-state index in [0.717, 1.165) is 13.1 Å². The summed E-state index contributed by atoms with van der Waals surface area (Å²) in [5, 5.41) is 25.8. The van der Waals surface area contributed by atoms with E-state index >= 15 is 0 Å². The number of thiophene rings is 1. The second-order valence-electron chi connectivity index (χ2n) is 7.01. The Balaban J connectivity index is 2.05. The highest BCUT2D eigenvalue weighted by atomic mass is 32.1. The summed E-state index contributed by atoms with van der Waals surface area (Å²) in [6.45, 7) is 6.67. The number of carbonyl (C=O) groups is 2. The SMILES string of the molecule is CC[NH+](CC)CCN1C(=O)C([O-])=C(C(=O)c2cccs2)C1c1cccc([N+](=O)[O-])c1. The highest BCUT2D eigenvalue weighted by molar-refractivity contribution is 7.12. The topological polar surface area (TPSA) is 108 Å². The van der Waals surface area contributed by atoms with E-state index in [2.05, 4.69) is 0 Å². The van der Waals surface area contributed by atoms with Crippen LogP contribution >= 0.6 is 11.3 Å². The average Bonchev–Trinajstić information content (AvgIpc) is 3.37. The Morgan fingerprint density at radius 3 is 2.57 bits per heavy atom. The van der Waals surface area contributed by atoms with Gasteiger partial charge < -0.3 is 14.9 Å². The van der Waals surface area contributed by atoms with Gasteiger partial charge in [-0.25, -0.2) is 0 Å². The summed E-state index contributed by atoms with van der Waals surface area (Å²) < 4.78 is 0. The van der Waals surface area contributed by atoms with E-state index in [1.807, 2.05) is 13.8 Å². The molecule has 2 aromatic rings. The van der Waals surface area contributed by atoms with Crippen molar-refractivity contribution in [3.63, 3.8) is 0 Å². The van der Waals surface area contributed by atoms with Crippen molar-refractivity contribution in [2.75, 3.05) is 26.2 Å². The number of likely N-dealkylation sites (N-methyl/N-ethyl adjacent to an activating group) is 1. The van der Waals surface area contributed by atoms with Crippen LogP contribution in [0, 0.1) is 10.1 Å². The zero-order valence-electron chi connectivity index (χ0n) is 16.8. The molecule has 1 aliphatic heterocycles. The fraction of sp³-hybridized carbons (Fsp3) is 0.333. The van der Waals surface area contributed by atoms with E-state index in [9.17, 15) is 24.8 Å². The summed E-state index contributed by atoms with van der Waals surface area (Å²) in [4.78, 5) is 39.6. The van der Waals surface area contributed by atoms with E-state index in [-0.39, 0.29) is 17.8 Å². The molecule has 1 atom stereocenters. The number of nitro benzene ring substituents is 1. The van der Waals surface area contributed by atoms with Crippen molar-refractivity contribution in [3.05, 3.63) is 73.7 Å². The third-order valence-corrected chi connectivity index (χ3v) is 6.25. The lowest BCUT2D eigenvalue weighted by Crippen LogP contribution is -3.12. The van der Waals surface area contributed by atoms with Gasteiger partial charge in [-0.1, -0.05) is 18.2 Å². The van der Waals surface area contributed by atoms with Crippen LogP contribution in [0.25, 0.3) is 0 Å². The molecule has 30 heavy (non-hydrogen) atoms. The van der Waals surface area contributed by atoms with Gasteiger partial charge in [0.25, 0.3) is 5.69 Å². The van der Waals surface area contributed by atoms with E-state index in [0.29, 0.717) is 17.0 Å². The van der Waals surface area contributed by atoms with Gasteiger partial charge >= 0.3 is 0 Å². The first-order valence-electron chi connectivity index (χ1n) is 9.77. The maximum absolute atomic E-state index is 13.1. The molecule has 0 fully saturated rings. The van der Waals surface area contributed by atoms with Crippen molar-refractivity contribution in [1.29, 1.82) is 0 Å². The number of nitro groups is 1. The number of Topliss-reactive ketones (excluding diaryl/α,β-unsaturated/α-hetero) is 1. The van der Waals surface area contributed by atoms with Gasteiger partial charge in [0.2, 0.25) is 11.7 Å². The van der Waals surface area contributed by atoms with Crippen LogP contribution in [0.3, 0.4) is 0 Å². The quantitative estimate of drug-likeness (QED) is 0.363. The van der Waals surface area contributed by atoms with Crippen molar-refractivity contribution in [2.24, 2.45) is 0 Å². The first-order chi connectivity index (χ1) is 14.4. The van der Waals surface area contributed by atoms with Gasteiger partial charge in [-0.05, 0) is 36.6 Å². The molecule has 1 unspecified atom stereocenters. The van der Waals surface area contributed by atoms with Crippen LogP contribution in [-0.2, 0) is 4.79 Å². The molecular weight excluding hydrogens is 406 g/mol. The zero-order chi connectivity index (χ0) is 21.8. The molecule has 0 spiro atoms. The fourth-order valence-electron chi connectivity index (χ4n) is 3.68. The van der Waals surface area contributed by atoms with Crippen LogP contribution in [0.4, 0.5) is 5.69 Å². The minimum Gasteiger partial charge on any atom is -0.868 e. The van der Waals surface area contributed by atoms with Gasteiger partial charge in [0, 0.05) is 17.7 Å². The third kappa shape index (κ3) is 4.12. The molecule has 9 heteroatoms. The number of quaternary nitrogens is 1. The first kappa shape index (κ1) is 21.7. The number of ketones is 1. The van der Waals surface area contributed by atoms with Crippen molar-refractivity contribution < 1.29 is 24.5 Å². The number of carbonyl (C=O) groups excluding carboxylic acids is 2. The molecule has 0 radical (unpaired) electrons. The Kier molecular flexibility index (Phi) is 6.63. The van der Waals surface area contributed by atoms with Crippen LogP contribution < -0.4 is 10.0 Å². The lowest BCUT2D eigenvalue weighted by Gasteiger charge is -2.28. The number of nitrogens with zero attached hydrogens (tertiary/aromatic N) is 2. The van der Waals surface area contributed by atoms with Gasteiger partial charge in [0.05, 0.1) is 42.0 Å². The lowest BCUT2D eigenvalue weighted by atomic mass is 9.95. The molecule has 1 aliphatic rings. The maximum Gasteiger partial charge on any atom is 0.269 e. The smallest absolute Gasteiger partial charge is 0.269 e. The van der Waals surface area contributed by atoms with Gasteiger partial charge in [-0.2, -0.15) is 0 Å². The molecule has 0 saturated carbocycles. The lowest BCUT2D eigenvalue weighted by molar-refractivity contribution is -0.895. The molecule has 158 valence electrons. The van der Waals surface area contributed by atoms with Crippen LogP contribution in [0.15, 0.2) is 53.1 Å². The minimum absolute atomic E-state index is 0.141. The average molecular weight is 429 g/mol. The van der Waals surface area contributed by atoms with Gasteiger partial charge in [0.1, 0.15) is 0 Å². The van der Waals surface area contributed by atoms with Crippen LogP contribution in [-0.4, -0.2) is 47.7 Å². The zero-order valence-corrected chi connectivity index (χ0v) is 17.6. The summed E-state index contributed by atoms with van der Waals surface area (Å²) in [7, 11) is 0. The monoisotopic (exact) mass is 429 g/mol. The van der Waals surface area contributed by atoms with E-state index in [1.165, 1.54) is 39.3 Å². The molecule has 1 N–H and O–H groups in total. The molecule has 1 aromatic heterocycles. The number of hydrogen-bond donors (Lipinski definition) is 1. The standard InChI is InChI=1S/C21H23N3O5S/c1-3-22(4-2)10-11-23-18(14-7-5-8-15(13-14)24(28)29)17(20(26)21(23)27)19(25)16-9-6-12-30-16/h5-9,12-13,18,26H,3-4,10-11H2,1-2H3. The van der Waals surface area contributed by atoms with Crippen molar-refractivity contribution in [1.82, 2.24) is 4.90 Å². The number of hydrogen-bond acceptors (Lipinski definition) is 6. The summed E-state index contributed by atoms with van der Waals surface area (Å²) >= 11 is 1.19. The highest BCUT2D eigenvalue weighted by Crippen LogP contribution is 2.39. The van der Waals surface area contributed by atoms with Crippen LogP contribution in [0.1, 0.15) is 35.1 Å². The van der Waals surface area contributed by atoms with Crippen molar-refractivity contribution >= 4 is 28.7 Å². The van der Waals surface area contributed by atoms with E-state index in [1.54, 1.807) is 23.6 Å². The van der Waals surface area contributed by atoms with Gasteiger partial charge in [-0.15, -0.1) is 11.3 Å². The number of rotatable bonds is 9. The van der Waals surface area contributed by atoms with Crippen LogP contribution in [0.5, 0.6) is 0 Å². The van der Waals surface area contributed by atoms with Crippen molar-refractivity contribution in [2.45, 2.75) is 19.9 Å². The highest BCUT2D eigenvalue weighted by Gasteiger charge is 2.40. The number of non-ortho nitro benzene ring substituents is 1. The predicted octanol–water partition coefficient (Wildman–Crippen LogP) is 0.962. The number of amides is 1. The molecule has 1 amide bonds. The molecular formula is C21H23N3O5S. The van der Waals surface area contributed by atoms with Gasteiger partial charge in [0.15, 0.2) is 0 Å². The molecule has 1 aromatic carbocycles. The van der Waals surface area contributed by atoms with E-state index < -0.39 is 28.4 Å². The summed E-state index contributed by atoms with van der Waals surface area (Å²) in [6, 6.07) is 8.15. The second-order valence-corrected chi connectivity index (χ2v) is 7.96. The Bertz CT molecular complexity index is 982. The molecule has 2 heterocycles. The third-order valence-electron chi connectivity index (χ3n) is 5.38. The molecule has 8 nitrogen and oxygen atoms in total. The molecule has 0 bridgehead atoms. The van der Waals surface area contributed by atoms with Crippen LogP contribution in [0.2, 0.25) is 0 Å². The second kappa shape index (κ2) is 9.19. The number of nitrogens with one attached hydrogen (secondary N) is 1.